The fourth-order valence-electron chi connectivity index (χ4n) is 0.216. The van der Waals surface area contributed by atoms with Crippen molar-refractivity contribution in [2.24, 2.45) is 6.99 Å². The number of rotatable bonds is 2. The van der Waals surface area contributed by atoms with Gasteiger partial charge in [0, 0.05) is 0 Å². The molecule has 0 saturated heterocycles. The Kier molecular flexibility index (Phi) is 5.27. The third kappa shape index (κ3) is 8.29. The quantitative estimate of drug-likeness (QED) is 0.624. The Labute approximate surface area is 65.3 Å². The molecular weight excluding hydrogens is 196 g/mol. The molecule has 0 spiro atoms. The molecule has 0 aliphatic carbocycles. The minimum atomic E-state index is -0.364. The first-order valence-electron chi connectivity index (χ1n) is 3.19. The van der Waals surface area contributed by atoms with Crippen molar-refractivity contribution < 1.29 is 18.2 Å². The molecule has 0 fully saturated rings. The van der Waals surface area contributed by atoms with Gasteiger partial charge < -0.3 is 0 Å². The standard InChI is InChI=1S/2C3H7N.Mo/c2*1-3(2)4;/h2*3H,1-2H3;/q;;+2. The van der Waals surface area contributed by atoms with E-state index in [4.69, 9.17) is 0 Å². The molecule has 0 radical (unpaired) electrons. The molecule has 0 aromatic rings. The number of nitrogens with zero attached hydrogens (tertiary/aromatic N) is 2. The van der Waals surface area contributed by atoms with Gasteiger partial charge in [-0.3, -0.25) is 0 Å². The zero-order valence-electron chi connectivity index (χ0n) is 6.46. The molecule has 9 heavy (non-hydrogen) atoms. The molecule has 0 unspecified atom stereocenters. The van der Waals surface area contributed by atoms with E-state index in [9.17, 15) is 0 Å². The number of hydrogen-bond donors (Lipinski definition) is 0. The van der Waals surface area contributed by atoms with Crippen LogP contribution in [0, 0.1) is 0 Å². The van der Waals surface area contributed by atoms with Crippen LogP contribution in [0.1, 0.15) is 27.7 Å². The zero-order valence-corrected chi connectivity index (χ0v) is 8.46. The van der Waals surface area contributed by atoms with Crippen LogP contribution in [0.5, 0.6) is 0 Å². The SMILES string of the molecule is CC(C)[N]=[Mo+2]=[N]C(C)C. The Hall–Kier alpha value is 0.288. The van der Waals surface area contributed by atoms with Crippen LogP contribution < -0.4 is 0 Å². The van der Waals surface area contributed by atoms with E-state index >= 15 is 0 Å². The fraction of sp³-hybridized carbons (Fsp3) is 1.00. The summed E-state index contributed by atoms with van der Waals surface area (Å²) in [5, 5.41) is 0. The van der Waals surface area contributed by atoms with E-state index in [1.165, 1.54) is 0 Å². The molecule has 0 amide bonds. The molecule has 0 heterocycles. The summed E-state index contributed by atoms with van der Waals surface area (Å²) in [5.41, 5.74) is 0. The summed E-state index contributed by atoms with van der Waals surface area (Å²) in [5.74, 6) is 0. The van der Waals surface area contributed by atoms with Crippen molar-refractivity contribution in [3.05, 3.63) is 0 Å². The molecular formula is C6H14MoN2+2. The molecule has 0 rings (SSSR count). The monoisotopic (exact) mass is 212 g/mol. The van der Waals surface area contributed by atoms with Gasteiger partial charge in [0.15, 0.2) is 0 Å². The molecule has 0 bridgehead atoms. The van der Waals surface area contributed by atoms with E-state index in [-0.39, 0.29) is 18.2 Å². The van der Waals surface area contributed by atoms with Crippen LogP contribution in [0.15, 0.2) is 6.99 Å². The summed E-state index contributed by atoms with van der Waals surface area (Å²) in [7, 11) is 0. The van der Waals surface area contributed by atoms with Gasteiger partial charge in [-0.25, -0.2) is 0 Å². The van der Waals surface area contributed by atoms with Crippen molar-refractivity contribution >= 4 is 0 Å². The number of hydrogen-bond acceptors (Lipinski definition) is 2. The summed E-state index contributed by atoms with van der Waals surface area (Å²) in [4.78, 5) is 0. The first-order valence-corrected chi connectivity index (χ1v) is 4.99. The van der Waals surface area contributed by atoms with Gasteiger partial charge >= 0.3 is 65.0 Å². The average molecular weight is 210 g/mol. The summed E-state index contributed by atoms with van der Waals surface area (Å²) in [6, 6.07) is 0.963. The van der Waals surface area contributed by atoms with Crippen molar-refractivity contribution in [2.45, 2.75) is 39.8 Å². The fourth-order valence-corrected chi connectivity index (χ4v) is 1.28. The first-order chi connectivity index (χ1) is 4.13. The average Bonchev–Trinajstić information content (AvgIpc) is 1.63. The second-order valence-electron chi connectivity index (χ2n) is 2.48. The molecule has 2 nitrogen and oxygen atoms in total. The zero-order chi connectivity index (χ0) is 7.28. The van der Waals surface area contributed by atoms with E-state index in [0.717, 1.165) is 0 Å². The van der Waals surface area contributed by atoms with Crippen LogP contribution >= 0.6 is 0 Å². The van der Waals surface area contributed by atoms with E-state index < -0.39 is 0 Å². The Bertz CT molecular complexity index is 111. The van der Waals surface area contributed by atoms with Gasteiger partial charge in [0.2, 0.25) is 0 Å². The third-order valence-electron chi connectivity index (χ3n) is 0.516. The van der Waals surface area contributed by atoms with Gasteiger partial charge in [0.25, 0.3) is 0 Å². The van der Waals surface area contributed by atoms with Crippen molar-refractivity contribution in [1.29, 1.82) is 0 Å². The molecule has 3 heteroatoms. The van der Waals surface area contributed by atoms with Crippen molar-refractivity contribution in [1.82, 2.24) is 0 Å². The van der Waals surface area contributed by atoms with Crippen LogP contribution in [0.25, 0.3) is 0 Å². The Morgan fingerprint density at radius 1 is 0.889 bits per heavy atom. The molecule has 0 saturated carbocycles. The summed E-state index contributed by atoms with van der Waals surface area (Å²) >= 11 is -0.364. The van der Waals surface area contributed by atoms with E-state index in [2.05, 4.69) is 34.7 Å². The maximum absolute atomic E-state index is 4.33. The van der Waals surface area contributed by atoms with Gasteiger partial charge in [-0.05, 0) is 0 Å². The maximum atomic E-state index is 4.33. The molecule has 0 aromatic carbocycles. The van der Waals surface area contributed by atoms with E-state index in [1.807, 2.05) is 0 Å². The Morgan fingerprint density at radius 3 is 1.44 bits per heavy atom. The van der Waals surface area contributed by atoms with Gasteiger partial charge in [-0.1, -0.05) is 0 Å². The van der Waals surface area contributed by atoms with Crippen molar-refractivity contribution in [3.8, 4) is 0 Å². The first kappa shape index (κ1) is 9.29. The van der Waals surface area contributed by atoms with E-state index in [0.29, 0.717) is 12.1 Å². The topological polar surface area (TPSA) is 24.7 Å². The predicted octanol–water partition coefficient (Wildman–Crippen LogP) is 2.25. The van der Waals surface area contributed by atoms with Crippen LogP contribution in [-0.4, -0.2) is 12.1 Å². The van der Waals surface area contributed by atoms with Gasteiger partial charge in [-0.15, -0.1) is 0 Å². The van der Waals surface area contributed by atoms with Crippen LogP contribution in [0.3, 0.4) is 0 Å². The van der Waals surface area contributed by atoms with Crippen molar-refractivity contribution in [2.75, 3.05) is 0 Å². The molecule has 0 aliphatic rings. The van der Waals surface area contributed by atoms with Crippen LogP contribution in [0.2, 0.25) is 0 Å². The normalized spacial score (nSPS) is 9.56. The van der Waals surface area contributed by atoms with Gasteiger partial charge in [-0.2, -0.15) is 0 Å². The van der Waals surface area contributed by atoms with Crippen LogP contribution in [-0.2, 0) is 18.2 Å². The van der Waals surface area contributed by atoms with Gasteiger partial charge in [0.1, 0.15) is 0 Å². The summed E-state index contributed by atoms with van der Waals surface area (Å²) < 4.78 is 8.66. The molecule has 0 atom stereocenters. The Morgan fingerprint density at radius 2 is 1.22 bits per heavy atom. The molecule has 52 valence electrons. The second-order valence-corrected chi connectivity index (χ2v) is 3.92. The predicted molar refractivity (Wildman–Crippen MR) is 35.1 cm³/mol. The molecule has 0 N–H and O–H groups in total. The summed E-state index contributed by atoms with van der Waals surface area (Å²) in [6.45, 7) is 8.39. The minimum absolute atomic E-state index is 0.364. The third-order valence-corrected chi connectivity index (χ3v) is 3.05. The second kappa shape index (κ2) is 5.10. The van der Waals surface area contributed by atoms with E-state index in [1.54, 1.807) is 0 Å². The summed E-state index contributed by atoms with van der Waals surface area (Å²) in [6.07, 6.45) is 0. The van der Waals surface area contributed by atoms with Crippen LogP contribution in [0.4, 0.5) is 0 Å². The van der Waals surface area contributed by atoms with Crippen molar-refractivity contribution in [3.63, 3.8) is 0 Å². The van der Waals surface area contributed by atoms with Gasteiger partial charge in [0.05, 0.1) is 0 Å². The molecule has 0 aromatic heterocycles. The Balaban J connectivity index is 3.67. The molecule has 0 aliphatic heterocycles.